The highest BCUT2D eigenvalue weighted by molar-refractivity contribution is 8.13. The van der Waals surface area contributed by atoms with Crippen LogP contribution in [0, 0.1) is 5.82 Å². The lowest BCUT2D eigenvalue weighted by Crippen LogP contribution is -2.45. The molecule has 0 bridgehead atoms. The molecule has 0 spiro atoms. The van der Waals surface area contributed by atoms with Crippen molar-refractivity contribution in [2.45, 2.75) is 33.2 Å². The zero-order valence-corrected chi connectivity index (χ0v) is 22.0. The van der Waals surface area contributed by atoms with Crippen molar-refractivity contribution >= 4 is 51.8 Å². The summed E-state index contributed by atoms with van der Waals surface area (Å²) in [6.45, 7) is 7.94. The van der Waals surface area contributed by atoms with Gasteiger partial charge in [-0.05, 0) is 63.1 Å². The van der Waals surface area contributed by atoms with Crippen LogP contribution in [0.1, 0.15) is 38.8 Å². The van der Waals surface area contributed by atoms with Crippen LogP contribution >= 0.6 is 23.4 Å². The maximum absolute atomic E-state index is 13.5. The first kappa shape index (κ1) is 26.0. The Bertz CT molecular complexity index is 1210. The van der Waals surface area contributed by atoms with E-state index in [0.29, 0.717) is 30.0 Å². The van der Waals surface area contributed by atoms with Crippen molar-refractivity contribution in [1.29, 1.82) is 0 Å². The van der Waals surface area contributed by atoms with Crippen LogP contribution in [0.5, 0.6) is 0 Å². The smallest absolute Gasteiger partial charge is 0.323 e. The second-order valence-corrected chi connectivity index (χ2v) is 9.97. The third-order valence-electron chi connectivity index (χ3n) is 6.20. The molecule has 3 amide bonds. The molecule has 190 valence electrons. The number of hydrogen-bond donors (Lipinski definition) is 2. The van der Waals surface area contributed by atoms with Crippen molar-refractivity contribution in [3.05, 3.63) is 70.1 Å². The van der Waals surface area contributed by atoms with Crippen LogP contribution in [-0.2, 0) is 4.79 Å². The van der Waals surface area contributed by atoms with Gasteiger partial charge >= 0.3 is 6.03 Å². The molecule has 2 heterocycles. The summed E-state index contributed by atoms with van der Waals surface area (Å²) in [6, 6.07) is 10.7. The van der Waals surface area contributed by atoms with E-state index in [1.807, 2.05) is 49.9 Å². The zero-order valence-electron chi connectivity index (χ0n) is 20.5. The average molecular weight is 530 g/mol. The van der Waals surface area contributed by atoms with Gasteiger partial charge in [0.1, 0.15) is 5.82 Å². The molecule has 36 heavy (non-hydrogen) atoms. The average Bonchev–Trinajstić information content (AvgIpc) is 2.86. The number of nitrogens with zero attached hydrogens (tertiary/aromatic N) is 3. The number of benzene rings is 2. The molecule has 1 saturated heterocycles. The summed E-state index contributed by atoms with van der Waals surface area (Å²) < 4.78 is 13.4. The first-order valence-electron chi connectivity index (χ1n) is 11.9. The molecule has 1 fully saturated rings. The Hall–Kier alpha value is -3.04. The van der Waals surface area contributed by atoms with Crippen LogP contribution in [0.3, 0.4) is 0 Å². The normalized spacial score (nSPS) is 17.3. The molecule has 0 aromatic heterocycles. The molecule has 4 rings (SSSR count). The molecule has 2 aliphatic rings. The van der Waals surface area contributed by atoms with Gasteiger partial charge in [-0.15, -0.1) is 0 Å². The fourth-order valence-electron chi connectivity index (χ4n) is 4.39. The van der Waals surface area contributed by atoms with Gasteiger partial charge in [0.05, 0.1) is 22.3 Å². The number of thioether (sulfide) groups is 1. The predicted molar refractivity (Wildman–Crippen MR) is 145 cm³/mol. The highest BCUT2D eigenvalue weighted by Crippen LogP contribution is 2.40. The van der Waals surface area contributed by atoms with Gasteiger partial charge in [-0.25, -0.2) is 14.2 Å². The molecule has 0 saturated carbocycles. The van der Waals surface area contributed by atoms with Gasteiger partial charge < -0.3 is 20.4 Å². The molecule has 1 unspecified atom stereocenters. The molecule has 2 aromatic rings. The third-order valence-corrected chi connectivity index (χ3v) is 7.57. The number of amidine groups is 1. The fourth-order valence-corrected chi connectivity index (χ4v) is 5.59. The summed E-state index contributed by atoms with van der Waals surface area (Å²) in [5.41, 5.74) is 3.36. The number of aliphatic imine (C=N–C) groups is 1. The number of fused-ring (bicyclic) bond motifs is 1. The number of urea groups is 1. The molecular formula is C26H29ClFN5O2S. The molecular weight excluding hydrogens is 501 g/mol. The molecule has 10 heteroatoms. The SMILES string of the molecule is CCN(CC)C(=O)C1=C(C)N=C2SCCCN2C1c1ccc(NC(=O)Nc2ccc(F)c(Cl)c2)cc1. The monoisotopic (exact) mass is 529 g/mol. The lowest BCUT2D eigenvalue weighted by molar-refractivity contribution is -0.127. The van der Waals surface area contributed by atoms with Crippen molar-refractivity contribution in [1.82, 2.24) is 9.80 Å². The van der Waals surface area contributed by atoms with Crippen molar-refractivity contribution in [3.8, 4) is 0 Å². The summed E-state index contributed by atoms with van der Waals surface area (Å²) >= 11 is 7.50. The summed E-state index contributed by atoms with van der Waals surface area (Å²) in [4.78, 5) is 34.8. The van der Waals surface area contributed by atoms with Gasteiger partial charge in [0.25, 0.3) is 5.91 Å². The number of carbonyl (C=O) groups excluding carboxylic acids is 2. The summed E-state index contributed by atoms with van der Waals surface area (Å²) in [5.74, 6) is 0.455. The fraction of sp³-hybridized carbons (Fsp3) is 0.346. The predicted octanol–water partition coefficient (Wildman–Crippen LogP) is 6.12. The zero-order chi connectivity index (χ0) is 25.8. The van der Waals surface area contributed by atoms with Crippen LogP contribution < -0.4 is 10.6 Å². The Morgan fingerprint density at radius 3 is 2.47 bits per heavy atom. The Kier molecular flexibility index (Phi) is 8.21. The van der Waals surface area contributed by atoms with Gasteiger partial charge in [0.2, 0.25) is 0 Å². The minimum atomic E-state index is -0.552. The van der Waals surface area contributed by atoms with Crippen LogP contribution in [0.4, 0.5) is 20.6 Å². The van der Waals surface area contributed by atoms with E-state index in [4.69, 9.17) is 16.6 Å². The Morgan fingerprint density at radius 2 is 1.81 bits per heavy atom. The van der Waals surface area contributed by atoms with E-state index >= 15 is 0 Å². The van der Waals surface area contributed by atoms with E-state index in [-0.39, 0.29) is 17.0 Å². The number of hydrogen-bond acceptors (Lipinski definition) is 5. The van der Waals surface area contributed by atoms with E-state index in [0.717, 1.165) is 35.1 Å². The molecule has 1 atom stereocenters. The molecule has 7 nitrogen and oxygen atoms in total. The number of rotatable bonds is 6. The molecule has 2 aliphatic heterocycles. The summed E-state index contributed by atoms with van der Waals surface area (Å²) in [7, 11) is 0. The topological polar surface area (TPSA) is 77.0 Å². The van der Waals surface area contributed by atoms with Crippen molar-refractivity contribution < 1.29 is 14.0 Å². The van der Waals surface area contributed by atoms with Gasteiger partial charge in [-0.2, -0.15) is 0 Å². The second kappa shape index (κ2) is 11.3. The quantitative estimate of drug-likeness (QED) is 0.473. The lowest BCUT2D eigenvalue weighted by atomic mass is 9.93. The van der Waals surface area contributed by atoms with Gasteiger partial charge in [0.15, 0.2) is 5.17 Å². The highest BCUT2D eigenvalue weighted by atomic mass is 35.5. The van der Waals surface area contributed by atoms with E-state index < -0.39 is 11.8 Å². The number of allylic oxidation sites excluding steroid dienone is 1. The number of carbonyl (C=O) groups is 2. The third kappa shape index (κ3) is 5.52. The largest absolute Gasteiger partial charge is 0.340 e. The number of amides is 3. The van der Waals surface area contributed by atoms with Gasteiger partial charge in [-0.3, -0.25) is 4.79 Å². The van der Waals surface area contributed by atoms with Crippen LogP contribution in [0.25, 0.3) is 0 Å². The second-order valence-electron chi connectivity index (χ2n) is 8.50. The van der Waals surface area contributed by atoms with Gasteiger partial charge in [0, 0.05) is 36.8 Å². The number of halogens is 2. The minimum absolute atomic E-state index is 0.000381. The Morgan fingerprint density at radius 1 is 1.14 bits per heavy atom. The van der Waals surface area contributed by atoms with Crippen LogP contribution in [0.2, 0.25) is 5.02 Å². The standard InChI is InChI=1S/C26H29ClFN5O2S/c1-4-32(5-2)24(34)22-16(3)29-26-33(13-6-14-36-26)23(22)17-7-9-18(10-8-17)30-25(35)31-19-11-12-21(28)20(27)15-19/h7-12,15,23H,4-6,13-14H2,1-3H3,(H2,30,31,35). The lowest BCUT2D eigenvalue weighted by Gasteiger charge is -2.41. The van der Waals surface area contributed by atoms with Crippen molar-refractivity contribution in [2.75, 3.05) is 36.0 Å². The van der Waals surface area contributed by atoms with E-state index in [1.165, 1.54) is 18.2 Å². The molecule has 0 radical (unpaired) electrons. The first-order chi connectivity index (χ1) is 17.3. The number of anilines is 2. The summed E-state index contributed by atoms with van der Waals surface area (Å²) in [5, 5.41) is 6.29. The van der Waals surface area contributed by atoms with Crippen molar-refractivity contribution in [2.24, 2.45) is 4.99 Å². The Labute approximate surface area is 219 Å². The minimum Gasteiger partial charge on any atom is -0.340 e. The number of nitrogens with one attached hydrogen (secondary N) is 2. The summed E-state index contributed by atoms with van der Waals surface area (Å²) in [6.07, 6.45) is 1.01. The Balaban J connectivity index is 1.57. The molecule has 2 aromatic carbocycles. The van der Waals surface area contributed by atoms with Gasteiger partial charge in [-0.1, -0.05) is 35.5 Å². The molecule has 2 N–H and O–H groups in total. The van der Waals surface area contributed by atoms with Crippen LogP contribution in [0.15, 0.2) is 58.7 Å². The van der Waals surface area contributed by atoms with Crippen LogP contribution in [-0.4, -0.2) is 52.3 Å². The maximum Gasteiger partial charge on any atom is 0.323 e. The molecule has 0 aliphatic carbocycles. The van der Waals surface area contributed by atoms with E-state index in [2.05, 4.69) is 15.5 Å². The maximum atomic E-state index is 13.5. The van der Waals surface area contributed by atoms with E-state index in [9.17, 15) is 14.0 Å². The first-order valence-corrected chi connectivity index (χ1v) is 13.3. The highest BCUT2D eigenvalue weighted by Gasteiger charge is 2.38. The number of likely N-dealkylation sites (N-methyl/N-ethyl adjacent to an activating group) is 1. The van der Waals surface area contributed by atoms with Crippen molar-refractivity contribution in [3.63, 3.8) is 0 Å². The van der Waals surface area contributed by atoms with E-state index in [1.54, 1.807) is 11.8 Å².